The topological polar surface area (TPSA) is 91.6 Å². The van der Waals surface area contributed by atoms with Crippen LogP contribution in [-0.2, 0) is 23.6 Å². The van der Waals surface area contributed by atoms with Crippen molar-refractivity contribution in [1.82, 2.24) is 13.9 Å². The van der Waals surface area contributed by atoms with Crippen LogP contribution in [-0.4, -0.2) is 30.9 Å². The minimum atomic E-state index is -3.72. The number of para-hydroxylation sites is 2. The molecule has 0 amide bonds. The summed E-state index contributed by atoms with van der Waals surface area (Å²) in [6.07, 6.45) is 0. The number of rotatable bonds is 5. The standard InChI is InChI=1S/C17H17N3O5S/c1-19-13-4-2-3-5-14(13)20(17(19)21)9-8-18-26(22,23)12-6-7-15-16(10-12)25-11-24-15/h2-7,10,18H,8-9,11H2,1H3. The first kappa shape index (κ1) is 16.7. The highest BCUT2D eigenvalue weighted by atomic mass is 32.2. The van der Waals surface area contributed by atoms with E-state index < -0.39 is 10.0 Å². The lowest BCUT2D eigenvalue weighted by Crippen LogP contribution is -2.31. The summed E-state index contributed by atoms with van der Waals surface area (Å²) < 4.78 is 41.0. The van der Waals surface area contributed by atoms with Gasteiger partial charge in [-0.3, -0.25) is 9.13 Å². The van der Waals surface area contributed by atoms with E-state index in [2.05, 4.69) is 4.72 Å². The Kier molecular flexibility index (Phi) is 3.97. The Morgan fingerprint density at radius 2 is 1.81 bits per heavy atom. The summed E-state index contributed by atoms with van der Waals surface area (Å²) in [6.45, 7) is 0.394. The number of nitrogens with zero attached hydrogens (tertiary/aromatic N) is 2. The van der Waals surface area contributed by atoms with Crippen molar-refractivity contribution in [2.45, 2.75) is 11.4 Å². The molecule has 9 heteroatoms. The molecule has 4 rings (SSSR count). The van der Waals surface area contributed by atoms with E-state index in [9.17, 15) is 13.2 Å². The summed E-state index contributed by atoms with van der Waals surface area (Å²) in [5.41, 5.74) is 1.38. The van der Waals surface area contributed by atoms with Gasteiger partial charge in [-0.2, -0.15) is 0 Å². The van der Waals surface area contributed by atoms with Gasteiger partial charge in [0.15, 0.2) is 11.5 Å². The number of fused-ring (bicyclic) bond motifs is 2. The lowest BCUT2D eigenvalue weighted by Gasteiger charge is -2.08. The second-order valence-corrected chi connectivity index (χ2v) is 7.66. The molecule has 3 aromatic rings. The predicted molar refractivity (Wildman–Crippen MR) is 94.9 cm³/mol. The van der Waals surface area contributed by atoms with E-state index in [0.29, 0.717) is 11.5 Å². The fourth-order valence-electron chi connectivity index (χ4n) is 3.00. The van der Waals surface area contributed by atoms with Gasteiger partial charge in [-0.25, -0.2) is 17.9 Å². The maximum atomic E-state index is 12.5. The molecule has 1 aliphatic rings. The van der Waals surface area contributed by atoms with Crippen molar-refractivity contribution in [2.24, 2.45) is 7.05 Å². The van der Waals surface area contributed by atoms with Gasteiger partial charge in [-0.1, -0.05) is 12.1 Å². The molecule has 2 aromatic carbocycles. The van der Waals surface area contributed by atoms with Crippen LogP contribution in [0.2, 0.25) is 0 Å². The maximum absolute atomic E-state index is 12.5. The Hall–Kier alpha value is -2.78. The Morgan fingerprint density at radius 3 is 2.62 bits per heavy atom. The molecular weight excluding hydrogens is 358 g/mol. The largest absolute Gasteiger partial charge is 0.454 e. The number of hydrogen-bond acceptors (Lipinski definition) is 5. The first-order chi connectivity index (χ1) is 12.5. The average Bonchev–Trinajstić information content (AvgIpc) is 3.20. The zero-order valence-corrected chi connectivity index (χ0v) is 14.8. The second-order valence-electron chi connectivity index (χ2n) is 5.89. The van der Waals surface area contributed by atoms with Crippen molar-refractivity contribution in [3.8, 4) is 11.5 Å². The zero-order valence-electron chi connectivity index (χ0n) is 14.0. The third kappa shape index (κ3) is 2.74. The van der Waals surface area contributed by atoms with Crippen LogP contribution in [0.3, 0.4) is 0 Å². The molecule has 8 nitrogen and oxygen atoms in total. The normalized spacial score (nSPS) is 13.4. The monoisotopic (exact) mass is 375 g/mol. The molecule has 136 valence electrons. The van der Waals surface area contributed by atoms with Crippen molar-refractivity contribution in [1.29, 1.82) is 0 Å². The quantitative estimate of drug-likeness (QED) is 0.720. The number of nitrogens with one attached hydrogen (secondary N) is 1. The lowest BCUT2D eigenvalue weighted by molar-refractivity contribution is 0.174. The molecule has 26 heavy (non-hydrogen) atoms. The fraction of sp³-hybridized carbons (Fsp3) is 0.235. The number of benzene rings is 2. The molecule has 0 fully saturated rings. The SMILES string of the molecule is Cn1c(=O)n(CCNS(=O)(=O)c2ccc3c(c2)OCO3)c2ccccc21. The second kappa shape index (κ2) is 6.19. The van der Waals surface area contributed by atoms with Crippen LogP contribution in [0.1, 0.15) is 0 Å². The van der Waals surface area contributed by atoms with Crippen molar-refractivity contribution >= 4 is 21.1 Å². The molecule has 0 unspecified atom stereocenters. The molecular formula is C17H17N3O5S. The van der Waals surface area contributed by atoms with Crippen LogP contribution in [0.5, 0.6) is 11.5 Å². The van der Waals surface area contributed by atoms with Gasteiger partial charge in [0.25, 0.3) is 0 Å². The molecule has 0 bridgehead atoms. The molecule has 0 aliphatic carbocycles. The number of imidazole rings is 1. The summed E-state index contributed by atoms with van der Waals surface area (Å²) in [5, 5.41) is 0. The minimum absolute atomic E-state index is 0.0796. The highest BCUT2D eigenvalue weighted by molar-refractivity contribution is 7.89. The van der Waals surface area contributed by atoms with Gasteiger partial charge in [-0.15, -0.1) is 0 Å². The summed E-state index contributed by atoms with van der Waals surface area (Å²) in [4.78, 5) is 12.4. The summed E-state index contributed by atoms with van der Waals surface area (Å²) in [7, 11) is -2.03. The van der Waals surface area contributed by atoms with Crippen LogP contribution >= 0.6 is 0 Å². The smallest absolute Gasteiger partial charge is 0.328 e. The summed E-state index contributed by atoms with van der Waals surface area (Å²) in [6, 6.07) is 11.8. The molecule has 0 spiro atoms. The van der Waals surface area contributed by atoms with Gasteiger partial charge in [0.2, 0.25) is 16.8 Å². The highest BCUT2D eigenvalue weighted by Gasteiger charge is 2.20. The molecule has 0 saturated heterocycles. The number of sulfonamides is 1. The minimum Gasteiger partial charge on any atom is -0.454 e. The first-order valence-corrected chi connectivity index (χ1v) is 9.49. The van der Waals surface area contributed by atoms with Gasteiger partial charge >= 0.3 is 5.69 Å². The maximum Gasteiger partial charge on any atom is 0.328 e. The van der Waals surface area contributed by atoms with Crippen LogP contribution in [0.15, 0.2) is 52.2 Å². The Bertz CT molecular complexity index is 1150. The van der Waals surface area contributed by atoms with Gasteiger partial charge in [-0.05, 0) is 24.3 Å². The molecule has 2 heterocycles. The lowest BCUT2D eigenvalue weighted by atomic mass is 10.3. The van der Waals surface area contributed by atoms with Crippen molar-refractivity contribution in [3.63, 3.8) is 0 Å². The van der Waals surface area contributed by atoms with Crippen molar-refractivity contribution < 1.29 is 17.9 Å². The van der Waals surface area contributed by atoms with E-state index in [1.54, 1.807) is 22.2 Å². The van der Waals surface area contributed by atoms with Crippen LogP contribution in [0.4, 0.5) is 0 Å². The van der Waals surface area contributed by atoms with E-state index in [-0.39, 0.29) is 30.5 Å². The van der Waals surface area contributed by atoms with Gasteiger partial charge in [0.1, 0.15) is 0 Å². The number of hydrogen-bond donors (Lipinski definition) is 1. The molecule has 1 aliphatic heterocycles. The van der Waals surface area contributed by atoms with E-state index in [4.69, 9.17) is 9.47 Å². The first-order valence-electron chi connectivity index (χ1n) is 8.01. The van der Waals surface area contributed by atoms with Crippen LogP contribution in [0.25, 0.3) is 11.0 Å². The van der Waals surface area contributed by atoms with E-state index >= 15 is 0 Å². The van der Waals surface area contributed by atoms with Crippen molar-refractivity contribution in [3.05, 3.63) is 52.9 Å². The molecule has 1 N–H and O–H groups in total. The van der Waals surface area contributed by atoms with Crippen molar-refractivity contribution in [2.75, 3.05) is 13.3 Å². The predicted octanol–water partition coefficient (Wildman–Crippen LogP) is 1.05. The van der Waals surface area contributed by atoms with E-state index in [1.807, 2.05) is 24.3 Å². The van der Waals surface area contributed by atoms with Gasteiger partial charge in [0, 0.05) is 26.2 Å². The Morgan fingerprint density at radius 1 is 1.08 bits per heavy atom. The summed E-state index contributed by atoms with van der Waals surface area (Å²) in [5.74, 6) is 0.921. The molecule has 0 saturated carbocycles. The van der Waals surface area contributed by atoms with Gasteiger partial charge < -0.3 is 9.47 Å². The third-order valence-corrected chi connectivity index (χ3v) is 5.79. The molecule has 1 aromatic heterocycles. The Balaban J connectivity index is 1.53. The third-order valence-electron chi connectivity index (χ3n) is 4.33. The summed E-state index contributed by atoms with van der Waals surface area (Å²) >= 11 is 0. The number of aryl methyl sites for hydroxylation is 1. The van der Waals surface area contributed by atoms with Crippen LogP contribution < -0.4 is 19.9 Å². The van der Waals surface area contributed by atoms with E-state index in [0.717, 1.165) is 11.0 Å². The number of ether oxygens (including phenoxy) is 2. The van der Waals surface area contributed by atoms with Crippen LogP contribution in [0, 0.1) is 0 Å². The average molecular weight is 375 g/mol. The number of aromatic nitrogens is 2. The molecule has 0 atom stereocenters. The Labute approximate surface area is 149 Å². The fourth-order valence-corrected chi connectivity index (χ4v) is 4.03. The highest BCUT2D eigenvalue weighted by Crippen LogP contribution is 2.33. The van der Waals surface area contributed by atoms with Gasteiger partial charge in [0.05, 0.1) is 15.9 Å². The molecule has 0 radical (unpaired) electrons. The zero-order chi connectivity index (χ0) is 18.3. The van der Waals surface area contributed by atoms with E-state index in [1.165, 1.54) is 12.1 Å².